The smallest absolute Gasteiger partial charge is 0.284 e. The molecule has 0 radical (unpaired) electrons. The van der Waals surface area contributed by atoms with Crippen LogP contribution in [-0.4, -0.2) is 12.1 Å². The third kappa shape index (κ3) is 2.00. The van der Waals surface area contributed by atoms with Crippen LogP contribution in [0.2, 0.25) is 0 Å². The molecule has 78 valence electrons. The molecule has 2 nitrogen and oxygen atoms in total. The average Bonchev–Trinajstić information content (AvgIpc) is 2.16. The van der Waals surface area contributed by atoms with Crippen molar-refractivity contribution < 1.29 is 17.9 Å². The van der Waals surface area contributed by atoms with Gasteiger partial charge >= 0.3 is 0 Å². The van der Waals surface area contributed by atoms with E-state index in [0.717, 1.165) is 6.20 Å². The van der Waals surface area contributed by atoms with Gasteiger partial charge in [0.25, 0.3) is 6.43 Å². The molecule has 0 fully saturated rings. The number of rotatable bonds is 3. The number of ether oxygens (including phenoxy) is 1. The molecule has 0 aliphatic carbocycles. The summed E-state index contributed by atoms with van der Waals surface area (Å²) >= 11 is 2.99. The average molecular weight is 270 g/mol. The number of nitrogens with zero attached hydrogens (tertiary/aromatic N) is 1. The summed E-state index contributed by atoms with van der Waals surface area (Å²) in [6, 6.07) is 0. The van der Waals surface area contributed by atoms with Crippen molar-refractivity contribution in [3.63, 3.8) is 0 Å². The fourth-order valence-electron chi connectivity index (χ4n) is 1.03. The van der Waals surface area contributed by atoms with Crippen LogP contribution in [0.15, 0.2) is 6.20 Å². The lowest BCUT2D eigenvalue weighted by atomic mass is 10.2. The van der Waals surface area contributed by atoms with Gasteiger partial charge < -0.3 is 4.74 Å². The highest BCUT2D eigenvalue weighted by molar-refractivity contribution is 9.08. The summed E-state index contributed by atoms with van der Waals surface area (Å²) in [4.78, 5) is 3.29. The first kappa shape index (κ1) is 11.3. The van der Waals surface area contributed by atoms with Crippen molar-refractivity contribution >= 4 is 15.9 Å². The van der Waals surface area contributed by atoms with E-state index in [1.807, 2.05) is 0 Å². The zero-order valence-corrected chi connectivity index (χ0v) is 8.82. The normalized spacial score (nSPS) is 10.7. The standard InChI is InChI=1S/C8H7BrF3NO/c1-14-7-4(2-9)5(10)3-13-6(7)8(11)12/h3,8H,2H2,1H3. The van der Waals surface area contributed by atoms with Gasteiger partial charge in [0.15, 0.2) is 5.75 Å². The van der Waals surface area contributed by atoms with Gasteiger partial charge in [0.2, 0.25) is 0 Å². The van der Waals surface area contributed by atoms with E-state index in [4.69, 9.17) is 4.74 Å². The first-order valence-electron chi connectivity index (χ1n) is 3.67. The Morgan fingerprint density at radius 3 is 2.64 bits per heavy atom. The SMILES string of the molecule is COc1c(C(F)F)ncc(F)c1CBr. The van der Waals surface area contributed by atoms with Gasteiger partial charge in [-0.25, -0.2) is 18.2 Å². The Kier molecular flexibility index (Phi) is 3.74. The predicted octanol–water partition coefficient (Wildman–Crippen LogP) is 3.06. The molecule has 0 aliphatic heterocycles. The van der Waals surface area contributed by atoms with Crippen molar-refractivity contribution in [1.29, 1.82) is 0 Å². The maximum atomic E-state index is 13.1. The summed E-state index contributed by atoms with van der Waals surface area (Å²) < 4.78 is 42.5. The molecule has 1 rings (SSSR count). The van der Waals surface area contributed by atoms with E-state index < -0.39 is 17.9 Å². The van der Waals surface area contributed by atoms with Crippen molar-refractivity contribution in [2.45, 2.75) is 11.8 Å². The van der Waals surface area contributed by atoms with Gasteiger partial charge in [-0.05, 0) is 0 Å². The highest BCUT2D eigenvalue weighted by Crippen LogP contribution is 2.32. The zero-order chi connectivity index (χ0) is 10.7. The number of methoxy groups -OCH3 is 1. The molecule has 1 aromatic rings. The van der Waals surface area contributed by atoms with E-state index >= 15 is 0 Å². The number of pyridine rings is 1. The Balaban J connectivity index is 3.33. The molecule has 6 heteroatoms. The summed E-state index contributed by atoms with van der Waals surface area (Å²) in [5.41, 5.74) is -0.485. The Labute approximate surface area is 87.2 Å². The van der Waals surface area contributed by atoms with E-state index in [2.05, 4.69) is 20.9 Å². The van der Waals surface area contributed by atoms with Crippen LogP contribution in [-0.2, 0) is 5.33 Å². The van der Waals surface area contributed by atoms with E-state index in [-0.39, 0.29) is 16.6 Å². The zero-order valence-electron chi connectivity index (χ0n) is 7.23. The maximum Gasteiger partial charge on any atom is 0.284 e. The Hall–Kier alpha value is -0.780. The third-order valence-electron chi connectivity index (χ3n) is 1.66. The molecule has 0 N–H and O–H groups in total. The van der Waals surface area contributed by atoms with Gasteiger partial charge in [-0.15, -0.1) is 0 Å². The predicted molar refractivity (Wildman–Crippen MR) is 48.3 cm³/mol. The van der Waals surface area contributed by atoms with Crippen molar-refractivity contribution in [1.82, 2.24) is 4.98 Å². The summed E-state index contributed by atoms with van der Waals surface area (Å²) in [5.74, 6) is -0.861. The van der Waals surface area contributed by atoms with Crippen LogP contribution in [0, 0.1) is 5.82 Å². The van der Waals surface area contributed by atoms with Gasteiger partial charge in [0.1, 0.15) is 11.5 Å². The third-order valence-corrected chi connectivity index (χ3v) is 2.22. The van der Waals surface area contributed by atoms with Gasteiger partial charge in [-0.1, -0.05) is 15.9 Å². The molecule has 1 heterocycles. The molecule has 0 amide bonds. The van der Waals surface area contributed by atoms with Crippen LogP contribution >= 0.6 is 15.9 Å². The fourth-order valence-corrected chi connectivity index (χ4v) is 1.56. The van der Waals surface area contributed by atoms with E-state index in [1.165, 1.54) is 7.11 Å². The minimum atomic E-state index is -2.77. The fraction of sp³-hybridized carbons (Fsp3) is 0.375. The highest BCUT2D eigenvalue weighted by Gasteiger charge is 2.21. The van der Waals surface area contributed by atoms with Crippen LogP contribution in [0.4, 0.5) is 13.2 Å². The lowest BCUT2D eigenvalue weighted by molar-refractivity contribution is 0.141. The molecular weight excluding hydrogens is 263 g/mol. The first-order chi connectivity index (χ1) is 6.61. The first-order valence-corrected chi connectivity index (χ1v) is 4.79. The van der Waals surface area contributed by atoms with Crippen molar-refractivity contribution in [2.75, 3.05) is 7.11 Å². The number of hydrogen-bond donors (Lipinski definition) is 0. The second-order valence-electron chi connectivity index (χ2n) is 2.44. The number of hydrogen-bond acceptors (Lipinski definition) is 2. The molecule has 0 atom stereocenters. The minimum absolute atomic E-state index is 0.0535. The number of alkyl halides is 3. The minimum Gasteiger partial charge on any atom is -0.494 e. The molecule has 0 bridgehead atoms. The molecule has 0 aromatic carbocycles. The molecule has 0 spiro atoms. The molecule has 1 aromatic heterocycles. The van der Waals surface area contributed by atoms with Crippen LogP contribution in [0.5, 0.6) is 5.75 Å². The van der Waals surface area contributed by atoms with Crippen molar-refractivity contribution in [3.8, 4) is 5.75 Å². The van der Waals surface area contributed by atoms with E-state index in [1.54, 1.807) is 0 Å². The monoisotopic (exact) mass is 269 g/mol. The topological polar surface area (TPSA) is 22.1 Å². The van der Waals surface area contributed by atoms with Crippen LogP contribution in [0.25, 0.3) is 0 Å². The quantitative estimate of drug-likeness (QED) is 0.787. The molecule has 14 heavy (non-hydrogen) atoms. The maximum absolute atomic E-state index is 13.1. The van der Waals surface area contributed by atoms with E-state index in [9.17, 15) is 13.2 Å². The molecular formula is C8H7BrF3NO. The van der Waals surface area contributed by atoms with Crippen LogP contribution < -0.4 is 4.74 Å². The molecule has 0 saturated carbocycles. The number of halogens is 4. The van der Waals surface area contributed by atoms with Crippen molar-refractivity contribution in [2.24, 2.45) is 0 Å². The van der Waals surface area contributed by atoms with Gasteiger partial charge in [-0.3, -0.25) is 0 Å². The summed E-state index contributed by atoms with van der Waals surface area (Å²) in [7, 11) is 1.20. The largest absolute Gasteiger partial charge is 0.494 e. The van der Waals surface area contributed by atoms with Crippen molar-refractivity contribution in [3.05, 3.63) is 23.3 Å². The Bertz CT molecular complexity index is 333. The summed E-state index contributed by atoms with van der Waals surface area (Å²) in [6.07, 6.45) is -2.01. The lowest BCUT2D eigenvalue weighted by Gasteiger charge is -2.10. The number of aromatic nitrogens is 1. The second kappa shape index (κ2) is 4.63. The Morgan fingerprint density at radius 2 is 2.21 bits per heavy atom. The lowest BCUT2D eigenvalue weighted by Crippen LogP contribution is -2.02. The van der Waals surface area contributed by atoms with Crippen LogP contribution in [0.3, 0.4) is 0 Å². The molecule has 0 aliphatic rings. The molecule has 0 saturated heterocycles. The van der Waals surface area contributed by atoms with Crippen LogP contribution in [0.1, 0.15) is 17.7 Å². The van der Waals surface area contributed by atoms with E-state index in [0.29, 0.717) is 0 Å². The highest BCUT2D eigenvalue weighted by atomic mass is 79.9. The van der Waals surface area contributed by atoms with Gasteiger partial charge in [-0.2, -0.15) is 0 Å². The molecule has 0 unspecified atom stereocenters. The Morgan fingerprint density at radius 1 is 1.57 bits per heavy atom. The summed E-state index contributed by atoms with van der Waals surface area (Å²) in [6.45, 7) is 0. The second-order valence-corrected chi connectivity index (χ2v) is 3.00. The van der Waals surface area contributed by atoms with Gasteiger partial charge in [0, 0.05) is 10.9 Å². The van der Waals surface area contributed by atoms with Gasteiger partial charge in [0.05, 0.1) is 13.3 Å². The summed E-state index contributed by atoms with van der Waals surface area (Å²) in [5, 5.41) is 0.101.